The lowest BCUT2D eigenvalue weighted by molar-refractivity contribution is -0.137. The number of hydrazine groups is 1. The highest BCUT2D eigenvalue weighted by Gasteiger charge is 2.21. The summed E-state index contributed by atoms with van der Waals surface area (Å²) >= 11 is 0. The summed E-state index contributed by atoms with van der Waals surface area (Å²) in [5.41, 5.74) is 2.09. The van der Waals surface area contributed by atoms with E-state index in [1.807, 2.05) is 13.8 Å². The van der Waals surface area contributed by atoms with E-state index in [9.17, 15) is 4.79 Å². The van der Waals surface area contributed by atoms with E-state index < -0.39 is 6.10 Å². The van der Waals surface area contributed by atoms with Gasteiger partial charge < -0.3 is 18.9 Å². The highest BCUT2D eigenvalue weighted by molar-refractivity contribution is 5.80. The zero-order valence-corrected chi connectivity index (χ0v) is 12.0. The van der Waals surface area contributed by atoms with E-state index in [0.717, 1.165) is 0 Å². The molecule has 0 aliphatic carbocycles. The largest absolute Gasteiger partial charge is 0.382 e. The van der Waals surface area contributed by atoms with Gasteiger partial charge in [-0.3, -0.25) is 10.2 Å². The van der Waals surface area contributed by atoms with Crippen molar-refractivity contribution in [3.8, 4) is 0 Å². The summed E-state index contributed by atoms with van der Waals surface area (Å²) in [4.78, 5) is 11.4. The molecule has 114 valence electrons. The predicted molar refractivity (Wildman–Crippen MR) is 70.4 cm³/mol. The first-order valence-corrected chi connectivity index (χ1v) is 6.40. The molecule has 0 aromatic rings. The lowest BCUT2D eigenvalue weighted by Crippen LogP contribution is -2.43. The second kappa shape index (κ2) is 12.3. The van der Waals surface area contributed by atoms with Crippen molar-refractivity contribution in [2.24, 2.45) is 11.8 Å². The van der Waals surface area contributed by atoms with Crippen LogP contribution in [0, 0.1) is 5.92 Å². The lowest BCUT2D eigenvalue weighted by atomic mass is 10.1. The molecule has 0 aliphatic heterocycles. The molecule has 1 atom stereocenters. The third-order valence-electron chi connectivity index (χ3n) is 2.34. The van der Waals surface area contributed by atoms with Crippen LogP contribution in [0.3, 0.4) is 0 Å². The Balaban J connectivity index is 3.48. The van der Waals surface area contributed by atoms with Gasteiger partial charge in [-0.2, -0.15) is 0 Å². The summed E-state index contributed by atoms with van der Waals surface area (Å²) in [5.74, 6) is 4.82. The summed E-state index contributed by atoms with van der Waals surface area (Å²) in [7, 11) is 1.62. The van der Waals surface area contributed by atoms with Crippen LogP contribution in [0.4, 0.5) is 0 Å². The molecule has 0 spiro atoms. The fraction of sp³-hybridized carbons (Fsp3) is 0.917. The Morgan fingerprint density at radius 3 is 2.05 bits per heavy atom. The van der Waals surface area contributed by atoms with Crippen LogP contribution in [0.15, 0.2) is 0 Å². The summed E-state index contributed by atoms with van der Waals surface area (Å²) in [6.07, 6.45) is -0.549. The van der Waals surface area contributed by atoms with Crippen LogP contribution >= 0.6 is 0 Å². The number of carbonyl (C=O) groups excluding carboxylic acids is 1. The van der Waals surface area contributed by atoms with Crippen molar-refractivity contribution in [1.82, 2.24) is 5.43 Å². The van der Waals surface area contributed by atoms with Gasteiger partial charge in [0.1, 0.15) is 6.10 Å². The number of nitrogens with two attached hydrogens (primary N) is 1. The van der Waals surface area contributed by atoms with Crippen molar-refractivity contribution in [3.63, 3.8) is 0 Å². The monoisotopic (exact) mass is 278 g/mol. The maximum absolute atomic E-state index is 11.4. The summed E-state index contributed by atoms with van der Waals surface area (Å²) in [6.45, 7) is 6.68. The Morgan fingerprint density at radius 2 is 1.58 bits per heavy atom. The number of hydrogen-bond acceptors (Lipinski definition) is 6. The van der Waals surface area contributed by atoms with Crippen LogP contribution in [0.5, 0.6) is 0 Å². The van der Waals surface area contributed by atoms with Gasteiger partial charge in [0.15, 0.2) is 0 Å². The molecule has 7 heteroatoms. The van der Waals surface area contributed by atoms with Gasteiger partial charge >= 0.3 is 0 Å². The molecular formula is C12H26N2O5. The molecule has 0 bridgehead atoms. The van der Waals surface area contributed by atoms with Gasteiger partial charge in [0.05, 0.1) is 39.6 Å². The van der Waals surface area contributed by atoms with Crippen molar-refractivity contribution < 1.29 is 23.7 Å². The van der Waals surface area contributed by atoms with Gasteiger partial charge in [-0.25, -0.2) is 5.84 Å². The zero-order chi connectivity index (χ0) is 14.5. The van der Waals surface area contributed by atoms with Gasteiger partial charge in [0, 0.05) is 7.11 Å². The maximum Gasteiger partial charge on any atom is 0.263 e. The molecule has 0 radical (unpaired) electrons. The molecule has 0 rings (SSSR count). The van der Waals surface area contributed by atoms with Gasteiger partial charge in [0.25, 0.3) is 5.91 Å². The summed E-state index contributed by atoms with van der Waals surface area (Å²) in [5, 5.41) is 0. The number of rotatable bonds is 12. The third-order valence-corrected chi connectivity index (χ3v) is 2.34. The summed E-state index contributed by atoms with van der Waals surface area (Å²) in [6, 6.07) is 0. The highest BCUT2D eigenvalue weighted by atomic mass is 16.6. The number of nitrogens with one attached hydrogen (secondary N) is 1. The minimum Gasteiger partial charge on any atom is -0.382 e. The molecule has 19 heavy (non-hydrogen) atoms. The number of amides is 1. The van der Waals surface area contributed by atoms with Crippen molar-refractivity contribution in [3.05, 3.63) is 0 Å². The van der Waals surface area contributed by atoms with Crippen LogP contribution in [0.1, 0.15) is 13.8 Å². The SMILES string of the molecule is COCCOCCOCCOC(C(=O)NN)C(C)C. The fourth-order valence-corrected chi connectivity index (χ4v) is 1.35. The first-order chi connectivity index (χ1) is 9.13. The molecule has 1 unspecified atom stereocenters. The van der Waals surface area contributed by atoms with Crippen LogP contribution in [-0.4, -0.2) is 58.8 Å². The molecule has 0 fully saturated rings. The second-order valence-electron chi connectivity index (χ2n) is 4.26. The standard InChI is InChI=1S/C12H26N2O5/c1-10(2)11(12(15)14-13)19-9-8-18-7-6-17-5-4-16-3/h10-11H,4-9,13H2,1-3H3,(H,14,15). The molecule has 3 N–H and O–H groups in total. The Bertz CT molecular complexity index is 226. The molecule has 0 aliphatic rings. The highest BCUT2D eigenvalue weighted by Crippen LogP contribution is 2.06. The first kappa shape index (κ1) is 18.3. The van der Waals surface area contributed by atoms with E-state index in [1.54, 1.807) is 7.11 Å². The molecule has 0 aromatic heterocycles. The van der Waals surface area contributed by atoms with Gasteiger partial charge in [-0.1, -0.05) is 13.8 Å². The van der Waals surface area contributed by atoms with Crippen LogP contribution in [0.25, 0.3) is 0 Å². The number of ether oxygens (including phenoxy) is 4. The number of carbonyl (C=O) groups is 1. The van der Waals surface area contributed by atoms with Gasteiger partial charge in [-0.05, 0) is 5.92 Å². The van der Waals surface area contributed by atoms with Crippen molar-refractivity contribution in [2.75, 3.05) is 46.8 Å². The lowest BCUT2D eigenvalue weighted by Gasteiger charge is -2.19. The Kier molecular flexibility index (Phi) is 11.8. The van der Waals surface area contributed by atoms with E-state index >= 15 is 0 Å². The van der Waals surface area contributed by atoms with E-state index in [0.29, 0.717) is 39.6 Å². The van der Waals surface area contributed by atoms with Crippen molar-refractivity contribution in [2.45, 2.75) is 20.0 Å². The molecule has 0 aromatic carbocycles. The normalized spacial score (nSPS) is 12.7. The smallest absolute Gasteiger partial charge is 0.263 e. The zero-order valence-electron chi connectivity index (χ0n) is 12.0. The van der Waals surface area contributed by atoms with Gasteiger partial charge in [0.2, 0.25) is 0 Å². The van der Waals surface area contributed by atoms with Crippen LogP contribution < -0.4 is 11.3 Å². The molecule has 0 heterocycles. The Hall–Kier alpha value is -0.730. The molecule has 7 nitrogen and oxygen atoms in total. The van der Waals surface area contributed by atoms with Crippen molar-refractivity contribution in [1.29, 1.82) is 0 Å². The topological polar surface area (TPSA) is 92.0 Å². The number of methoxy groups -OCH3 is 1. The molecular weight excluding hydrogens is 252 g/mol. The van der Waals surface area contributed by atoms with Gasteiger partial charge in [-0.15, -0.1) is 0 Å². The predicted octanol–water partition coefficient (Wildman–Crippen LogP) is -0.303. The quantitative estimate of drug-likeness (QED) is 0.220. The van der Waals surface area contributed by atoms with E-state index in [1.165, 1.54) is 0 Å². The second-order valence-corrected chi connectivity index (χ2v) is 4.26. The minimum absolute atomic E-state index is 0.0564. The number of hydrogen-bond donors (Lipinski definition) is 2. The first-order valence-electron chi connectivity index (χ1n) is 6.40. The van der Waals surface area contributed by atoms with Crippen molar-refractivity contribution >= 4 is 5.91 Å². The molecule has 0 saturated heterocycles. The maximum atomic E-state index is 11.4. The average molecular weight is 278 g/mol. The fourth-order valence-electron chi connectivity index (χ4n) is 1.35. The average Bonchev–Trinajstić information content (AvgIpc) is 2.40. The van der Waals surface area contributed by atoms with E-state index in [2.05, 4.69) is 5.43 Å². The third kappa shape index (κ3) is 9.80. The minimum atomic E-state index is -0.549. The Labute approximate surface area is 114 Å². The molecule has 0 saturated carbocycles. The Morgan fingerprint density at radius 1 is 1.05 bits per heavy atom. The van der Waals surface area contributed by atoms with Crippen LogP contribution in [-0.2, 0) is 23.7 Å². The van der Waals surface area contributed by atoms with E-state index in [4.69, 9.17) is 24.8 Å². The molecule has 1 amide bonds. The summed E-state index contributed by atoms with van der Waals surface area (Å²) < 4.78 is 20.8. The van der Waals surface area contributed by atoms with Crippen LogP contribution in [0.2, 0.25) is 0 Å². The van der Waals surface area contributed by atoms with E-state index in [-0.39, 0.29) is 11.8 Å².